The zero-order valence-electron chi connectivity index (χ0n) is 17.8. The molecule has 1 aromatic rings. The number of nitrogens with zero attached hydrogens (tertiary/aromatic N) is 2. The number of hydrogen-bond acceptors (Lipinski definition) is 3. The number of hydrogen-bond donors (Lipinski definition) is 2. The summed E-state index contributed by atoms with van der Waals surface area (Å²) in [5, 5.41) is 6.86. The van der Waals surface area contributed by atoms with E-state index >= 15 is 0 Å². The Balaban J connectivity index is 2.05. The van der Waals surface area contributed by atoms with Crippen LogP contribution in [0.3, 0.4) is 0 Å². The summed E-state index contributed by atoms with van der Waals surface area (Å²) in [6.07, 6.45) is 4.32. The van der Waals surface area contributed by atoms with Crippen molar-refractivity contribution in [3.8, 4) is 0 Å². The average molecular weight is 377 g/mol. The lowest BCUT2D eigenvalue weighted by molar-refractivity contribution is 0.135. The lowest BCUT2D eigenvalue weighted by Gasteiger charge is -2.21. The van der Waals surface area contributed by atoms with Crippen molar-refractivity contribution in [2.24, 2.45) is 4.99 Å². The van der Waals surface area contributed by atoms with Crippen LogP contribution in [-0.4, -0.2) is 63.3 Å². The van der Waals surface area contributed by atoms with Crippen LogP contribution < -0.4 is 10.6 Å². The highest BCUT2D eigenvalue weighted by Crippen LogP contribution is 2.00. The molecule has 2 N–H and O–H groups in total. The number of benzene rings is 1. The van der Waals surface area contributed by atoms with Crippen molar-refractivity contribution in [3.05, 3.63) is 35.9 Å². The van der Waals surface area contributed by atoms with Gasteiger partial charge in [0, 0.05) is 26.2 Å². The number of nitrogens with one attached hydrogen (secondary N) is 2. The van der Waals surface area contributed by atoms with Gasteiger partial charge in [-0.3, -0.25) is 4.99 Å². The second-order valence-corrected chi connectivity index (χ2v) is 6.92. The zero-order chi connectivity index (χ0) is 19.7. The Morgan fingerprint density at radius 3 is 2.52 bits per heavy atom. The van der Waals surface area contributed by atoms with Crippen LogP contribution in [0.15, 0.2) is 35.3 Å². The van der Waals surface area contributed by atoms with Crippen molar-refractivity contribution in [2.75, 3.05) is 46.4 Å². The molecule has 27 heavy (non-hydrogen) atoms. The molecule has 0 saturated heterocycles. The molecule has 0 aliphatic rings. The van der Waals surface area contributed by atoms with E-state index in [-0.39, 0.29) is 0 Å². The van der Waals surface area contributed by atoms with E-state index in [1.165, 1.54) is 18.5 Å². The van der Waals surface area contributed by atoms with E-state index in [0.29, 0.717) is 6.04 Å². The standard InChI is InChI=1S/C22H40N4O/c1-5-26(6-2)17-10-12-20(3)25-22(23-4)24-16-11-18-27-19-15-21-13-8-7-9-14-21/h7-9,13-14,20H,5-6,10-12,15-19H2,1-4H3,(H2,23,24,25). The molecular formula is C22H40N4O. The van der Waals surface area contributed by atoms with Gasteiger partial charge in [-0.05, 0) is 57.8 Å². The molecule has 154 valence electrons. The predicted molar refractivity (Wildman–Crippen MR) is 117 cm³/mol. The minimum Gasteiger partial charge on any atom is -0.381 e. The fourth-order valence-corrected chi connectivity index (χ4v) is 2.98. The van der Waals surface area contributed by atoms with Crippen molar-refractivity contribution < 1.29 is 4.74 Å². The Hall–Kier alpha value is -1.59. The Bertz CT molecular complexity index is 488. The molecule has 0 aliphatic carbocycles. The Kier molecular flexibility index (Phi) is 13.4. The first-order valence-corrected chi connectivity index (χ1v) is 10.5. The van der Waals surface area contributed by atoms with E-state index in [0.717, 1.165) is 58.1 Å². The van der Waals surface area contributed by atoms with E-state index in [1.807, 2.05) is 13.1 Å². The summed E-state index contributed by atoms with van der Waals surface area (Å²) in [7, 11) is 1.83. The van der Waals surface area contributed by atoms with Crippen molar-refractivity contribution in [1.82, 2.24) is 15.5 Å². The van der Waals surface area contributed by atoms with Crippen LogP contribution in [0.4, 0.5) is 0 Å². The molecule has 0 heterocycles. The van der Waals surface area contributed by atoms with Gasteiger partial charge in [0.05, 0.1) is 6.61 Å². The topological polar surface area (TPSA) is 48.9 Å². The van der Waals surface area contributed by atoms with Gasteiger partial charge in [-0.25, -0.2) is 0 Å². The summed E-state index contributed by atoms with van der Waals surface area (Å²) in [5.74, 6) is 0.884. The lowest BCUT2D eigenvalue weighted by Crippen LogP contribution is -2.43. The van der Waals surface area contributed by atoms with Gasteiger partial charge >= 0.3 is 0 Å². The molecule has 5 heteroatoms. The Labute approximate surface area is 166 Å². The van der Waals surface area contributed by atoms with Gasteiger partial charge in [-0.2, -0.15) is 0 Å². The summed E-state index contributed by atoms with van der Waals surface area (Å²) in [6, 6.07) is 10.9. The normalized spacial score (nSPS) is 13.0. The molecule has 1 unspecified atom stereocenters. The van der Waals surface area contributed by atoms with Gasteiger partial charge in [0.2, 0.25) is 0 Å². The second kappa shape index (κ2) is 15.5. The van der Waals surface area contributed by atoms with Crippen LogP contribution in [-0.2, 0) is 11.2 Å². The van der Waals surface area contributed by atoms with E-state index in [1.54, 1.807) is 0 Å². The largest absolute Gasteiger partial charge is 0.381 e. The molecule has 0 aromatic heterocycles. The van der Waals surface area contributed by atoms with Crippen LogP contribution >= 0.6 is 0 Å². The van der Waals surface area contributed by atoms with Crippen LogP contribution in [0.25, 0.3) is 0 Å². The smallest absolute Gasteiger partial charge is 0.191 e. The summed E-state index contributed by atoms with van der Waals surface area (Å²) in [5.41, 5.74) is 1.33. The van der Waals surface area contributed by atoms with Crippen LogP contribution in [0.2, 0.25) is 0 Å². The quantitative estimate of drug-likeness (QED) is 0.297. The molecule has 0 aliphatic heterocycles. The van der Waals surface area contributed by atoms with Crippen LogP contribution in [0, 0.1) is 0 Å². The number of ether oxygens (including phenoxy) is 1. The molecule has 0 fully saturated rings. The SMILES string of the molecule is CCN(CC)CCCC(C)NC(=NC)NCCCOCCc1ccccc1. The van der Waals surface area contributed by atoms with Gasteiger partial charge in [-0.1, -0.05) is 44.2 Å². The molecule has 1 aromatic carbocycles. The maximum absolute atomic E-state index is 5.73. The maximum Gasteiger partial charge on any atom is 0.191 e. The third-order valence-electron chi connectivity index (χ3n) is 4.75. The molecule has 1 rings (SSSR count). The van der Waals surface area contributed by atoms with Gasteiger partial charge in [0.15, 0.2) is 5.96 Å². The Morgan fingerprint density at radius 1 is 1.11 bits per heavy atom. The monoisotopic (exact) mass is 376 g/mol. The third-order valence-corrected chi connectivity index (χ3v) is 4.75. The van der Waals surface area contributed by atoms with Gasteiger partial charge in [-0.15, -0.1) is 0 Å². The molecule has 5 nitrogen and oxygen atoms in total. The van der Waals surface area contributed by atoms with Gasteiger partial charge in [0.1, 0.15) is 0 Å². The van der Waals surface area contributed by atoms with E-state index in [9.17, 15) is 0 Å². The zero-order valence-corrected chi connectivity index (χ0v) is 17.8. The number of guanidine groups is 1. The number of aliphatic imine (C=N–C) groups is 1. The van der Waals surface area contributed by atoms with E-state index in [2.05, 4.69) is 65.6 Å². The highest BCUT2D eigenvalue weighted by atomic mass is 16.5. The molecule has 1 atom stereocenters. The first-order chi connectivity index (χ1) is 13.2. The highest BCUT2D eigenvalue weighted by molar-refractivity contribution is 5.79. The lowest BCUT2D eigenvalue weighted by atomic mass is 10.2. The first-order valence-electron chi connectivity index (χ1n) is 10.5. The van der Waals surface area contributed by atoms with Crippen molar-refractivity contribution in [2.45, 2.75) is 52.5 Å². The predicted octanol–water partition coefficient (Wildman–Crippen LogP) is 3.31. The Morgan fingerprint density at radius 2 is 1.85 bits per heavy atom. The molecule has 0 amide bonds. The first kappa shape index (κ1) is 23.4. The number of rotatable bonds is 14. The highest BCUT2D eigenvalue weighted by Gasteiger charge is 2.06. The summed E-state index contributed by atoms with van der Waals surface area (Å²) in [6.45, 7) is 12.5. The molecule has 0 bridgehead atoms. The van der Waals surface area contributed by atoms with Crippen LogP contribution in [0.1, 0.15) is 45.6 Å². The average Bonchev–Trinajstić information content (AvgIpc) is 2.70. The van der Waals surface area contributed by atoms with Crippen LogP contribution in [0.5, 0.6) is 0 Å². The summed E-state index contributed by atoms with van der Waals surface area (Å²) < 4.78 is 5.73. The minimum absolute atomic E-state index is 0.425. The van der Waals surface area contributed by atoms with Crippen molar-refractivity contribution in [3.63, 3.8) is 0 Å². The van der Waals surface area contributed by atoms with E-state index < -0.39 is 0 Å². The molecule has 0 saturated carbocycles. The molecular weight excluding hydrogens is 336 g/mol. The van der Waals surface area contributed by atoms with Gasteiger partial charge in [0.25, 0.3) is 0 Å². The van der Waals surface area contributed by atoms with Gasteiger partial charge < -0.3 is 20.3 Å². The summed E-state index contributed by atoms with van der Waals surface area (Å²) >= 11 is 0. The van der Waals surface area contributed by atoms with E-state index in [4.69, 9.17) is 4.74 Å². The van der Waals surface area contributed by atoms with Crippen molar-refractivity contribution in [1.29, 1.82) is 0 Å². The summed E-state index contributed by atoms with van der Waals surface area (Å²) in [4.78, 5) is 6.79. The third kappa shape index (κ3) is 11.7. The molecule has 0 spiro atoms. The van der Waals surface area contributed by atoms with Crippen molar-refractivity contribution >= 4 is 5.96 Å². The fraction of sp³-hybridized carbons (Fsp3) is 0.682. The maximum atomic E-state index is 5.73. The minimum atomic E-state index is 0.425. The molecule has 0 radical (unpaired) electrons. The fourth-order valence-electron chi connectivity index (χ4n) is 2.98. The second-order valence-electron chi connectivity index (χ2n) is 6.92.